The molecule has 0 atom stereocenters. The first kappa shape index (κ1) is 11.5. The lowest BCUT2D eigenvalue weighted by atomic mass is 10.2. The molecule has 1 aliphatic heterocycles. The molecule has 90 valence electrons. The van der Waals surface area contributed by atoms with Crippen molar-refractivity contribution >= 4 is 0 Å². The summed E-state index contributed by atoms with van der Waals surface area (Å²) in [6.07, 6.45) is 7.19. The average molecular weight is 224 g/mol. The van der Waals surface area contributed by atoms with Crippen molar-refractivity contribution in [1.29, 1.82) is 0 Å². The molecular formula is C11H20N4O. The summed E-state index contributed by atoms with van der Waals surface area (Å²) in [5, 5.41) is 16.7. The maximum Gasteiger partial charge on any atom is 0.108 e. The van der Waals surface area contributed by atoms with Crippen LogP contribution in [0.1, 0.15) is 31.4 Å². The lowest BCUT2D eigenvalue weighted by Crippen LogP contribution is -2.28. The maximum absolute atomic E-state index is 8.88. The van der Waals surface area contributed by atoms with Crippen LogP contribution in [0.3, 0.4) is 0 Å². The van der Waals surface area contributed by atoms with Gasteiger partial charge in [0.25, 0.3) is 0 Å². The molecule has 5 nitrogen and oxygen atoms in total. The topological polar surface area (TPSA) is 54.2 Å². The highest BCUT2D eigenvalue weighted by Crippen LogP contribution is 2.09. The van der Waals surface area contributed by atoms with E-state index in [1.54, 1.807) is 0 Å². The lowest BCUT2D eigenvalue weighted by Gasteiger charge is -2.19. The standard InChI is InChI=1S/C11H20N4O/c16-10-11-9-15(13-12-11)8-7-14-5-3-1-2-4-6-14/h9,16H,1-8,10H2. The summed E-state index contributed by atoms with van der Waals surface area (Å²) in [5.74, 6) is 0. The van der Waals surface area contributed by atoms with Crippen LogP contribution in [0, 0.1) is 0 Å². The molecule has 5 heteroatoms. The molecule has 0 amide bonds. The van der Waals surface area contributed by atoms with Crippen molar-refractivity contribution in [2.45, 2.75) is 38.8 Å². The Morgan fingerprint density at radius 2 is 1.88 bits per heavy atom. The van der Waals surface area contributed by atoms with Crippen LogP contribution >= 0.6 is 0 Å². The van der Waals surface area contributed by atoms with Crippen LogP contribution in [0.2, 0.25) is 0 Å². The quantitative estimate of drug-likeness (QED) is 0.815. The third-order valence-electron chi connectivity index (χ3n) is 3.09. The second kappa shape index (κ2) is 5.96. The summed E-state index contributed by atoms with van der Waals surface area (Å²) in [6.45, 7) is 4.30. The fourth-order valence-electron chi connectivity index (χ4n) is 2.12. The molecule has 0 aromatic carbocycles. The Morgan fingerprint density at radius 1 is 1.12 bits per heavy atom. The van der Waals surface area contributed by atoms with Crippen LogP contribution in [-0.4, -0.2) is 44.6 Å². The van der Waals surface area contributed by atoms with Crippen LogP contribution in [0.15, 0.2) is 6.20 Å². The summed E-state index contributed by atoms with van der Waals surface area (Å²) in [7, 11) is 0. The van der Waals surface area contributed by atoms with E-state index in [4.69, 9.17) is 5.11 Å². The highest BCUT2D eigenvalue weighted by Gasteiger charge is 2.09. The first-order valence-corrected chi connectivity index (χ1v) is 6.11. The molecule has 0 aliphatic carbocycles. The smallest absolute Gasteiger partial charge is 0.108 e. The average Bonchev–Trinajstić information content (AvgIpc) is 2.61. The molecule has 1 aromatic rings. The molecule has 2 rings (SSSR count). The monoisotopic (exact) mass is 224 g/mol. The zero-order chi connectivity index (χ0) is 11.2. The second-order valence-electron chi connectivity index (χ2n) is 4.39. The zero-order valence-electron chi connectivity index (χ0n) is 9.68. The van der Waals surface area contributed by atoms with Crippen molar-refractivity contribution in [3.05, 3.63) is 11.9 Å². The van der Waals surface area contributed by atoms with Gasteiger partial charge in [-0.3, -0.25) is 4.68 Å². The summed E-state index contributed by atoms with van der Waals surface area (Å²) in [4.78, 5) is 2.49. The molecule has 2 heterocycles. The predicted molar refractivity (Wildman–Crippen MR) is 60.9 cm³/mol. The van der Waals surface area contributed by atoms with Crippen molar-refractivity contribution in [1.82, 2.24) is 19.9 Å². The molecule has 0 unspecified atom stereocenters. The van der Waals surface area contributed by atoms with E-state index in [9.17, 15) is 0 Å². The number of hydrogen-bond donors (Lipinski definition) is 1. The predicted octanol–water partition coefficient (Wildman–Crippen LogP) is 0.646. The molecule has 1 fully saturated rings. The Kier molecular flexibility index (Phi) is 4.30. The minimum absolute atomic E-state index is 0.0241. The SMILES string of the molecule is OCc1cn(CCN2CCCCCC2)nn1. The van der Waals surface area contributed by atoms with Crippen molar-refractivity contribution in [3.8, 4) is 0 Å². The summed E-state index contributed by atoms with van der Waals surface area (Å²) in [5.41, 5.74) is 0.649. The van der Waals surface area contributed by atoms with E-state index in [1.807, 2.05) is 10.9 Å². The van der Waals surface area contributed by atoms with Crippen molar-refractivity contribution in [2.75, 3.05) is 19.6 Å². The Bertz CT molecular complexity index is 305. The highest BCUT2D eigenvalue weighted by molar-refractivity contribution is 4.88. The number of aliphatic hydroxyl groups is 1. The van der Waals surface area contributed by atoms with Gasteiger partial charge in [0, 0.05) is 6.54 Å². The number of rotatable bonds is 4. The maximum atomic E-state index is 8.88. The van der Waals surface area contributed by atoms with Gasteiger partial charge in [0.05, 0.1) is 19.3 Å². The van der Waals surface area contributed by atoms with Gasteiger partial charge in [0.15, 0.2) is 0 Å². The van der Waals surface area contributed by atoms with Gasteiger partial charge in [0.1, 0.15) is 5.69 Å². The van der Waals surface area contributed by atoms with Gasteiger partial charge >= 0.3 is 0 Å². The van der Waals surface area contributed by atoms with Gasteiger partial charge < -0.3 is 10.0 Å². The van der Waals surface area contributed by atoms with E-state index in [1.165, 1.54) is 38.8 Å². The molecule has 0 spiro atoms. The molecular weight excluding hydrogens is 204 g/mol. The molecule has 1 aliphatic rings. The van der Waals surface area contributed by atoms with E-state index in [0.29, 0.717) is 5.69 Å². The van der Waals surface area contributed by atoms with Gasteiger partial charge in [0.2, 0.25) is 0 Å². The normalized spacial score (nSPS) is 18.6. The molecule has 0 saturated carbocycles. The molecule has 1 aromatic heterocycles. The third kappa shape index (κ3) is 3.28. The van der Waals surface area contributed by atoms with E-state index >= 15 is 0 Å². The van der Waals surface area contributed by atoms with E-state index in [0.717, 1.165) is 13.1 Å². The van der Waals surface area contributed by atoms with Crippen LogP contribution in [0.4, 0.5) is 0 Å². The number of aliphatic hydroxyl groups excluding tert-OH is 1. The van der Waals surface area contributed by atoms with Crippen LogP contribution in [0.25, 0.3) is 0 Å². The van der Waals surface area contributed by atoms with Gasteiger partial charge in [-0.25, -0.2) is 0 Å². The second-order valence-corrected chi connectivity index (χ2v) is 4.39. The van der Waals surface area contributed by atoms with E-state index < -0.39 is 0 Å². The molecule has 1 saturated heterocycles. The minimum Gasteiger partial charge on any atom is -0.390 e. The molecule has 0 bridgehead atoms. The molecule has 16 heavy (non-hydrogen) atoms. The summed E-state index contributed by atoms with van der Waals surface area (Å²) < 4.78 is 1.82. The number of hydrogen-bond acceptors (Lipinski definition) is 4. The Balaban J connectivity index is 1.77. The van der Waals surface area contributed by atoms with Crippen molar-refractivity contribution < 1.29 is 5.11 Å². The van der Waals surface area contributed by atoms with Gasteiger partial charge in [-0.1, -0.05) is 18.1 Å². The Morgan fingerprint density at radius 3 is 2.50 bits per heavy atom. The van der Waals surface area contributed by atoms with E-state index in [2.05, 4.69) is 15.2 Å². The highest BCUT2D eigenvalue weighted by atomic mass is 16.3. The van der Waals surface area contributed by atoms with Crippen molar-refractivity contribution in [2.24, 2.45) is 0 Å². The van der Waals surface area contributed by atoms with Crippen molar-refractivity contribution in [3.63, 3.8) is 0 Å². The lowest BCUT2D eigenvalue weighted by molar-refractivity contribution is 0.267. The van der Waals surface area contributed by atoms with Crippen LogP contribution < -0.4 is 0 Å². The number of likely N-dealkylation sites (tertiary alicyclic amines) is 1. The Hall–Kier alpha value is -0.940. The minimum atomic E-state index is -0.0241. The zero-order valence-corrected chi connectivity index (χ0v) is 9.68. The summed E-state index contributed by atoms with van der Waals surface area (Å²) in [6, 6.07) is 0. The number of aromatic nitrogens is 3. The molecule has 1 N–H and O–H groups in total. The first-order chi connectivity index (χ1) is 7.88. The van der Waals surface area contributed by atoms with Gasteiger partial charge in [-0.15, -0.1) is 5.10 Å². The van der Waals surface area contributed by atoms with Crippen LogP contribution in [0.5, 0.6) is 0 Å². The fourth-order valence-corrected chi connectivity index (χ4v) is 2.12. The van der Waals surface area contributed by atoms with E-state index in [-0.39, 0.29) is 6.61 Å². The first-order valence-electron chi connectivity index (χ1n) is 6.11. The fraction of sp³-hybridized carbons (Fsp3) is 0.818. The molecule has 0 radical (unpaired) electrons. The third-order valence-corrected chi connectivity index (χ3v) is 3.09. The van der Waals surface area contributed by atoms with Crippen LogP contribution in [-0.2, 0) is 13.2 Å². The van der Waals surface area contributed by atoms with Gasteiger partial charge in [-0.05, 0) is 25.9 Å². The van der Waals surface area contributed by atoms with Gasteiger partial charge in [-0.2, -0.15) is 0 Å². The Labute approximate surface area is 96.1 Å². The number of nitrogens with zero attached hydrogens (tertiary/aromatic N) is 4. The largest absolute Gasteiger partial charge is 0.390 e. The summed E-state index contributed by atoms with van der Waals surface area (Å²) >= 11 is 0.